The Balaban J connectivity index is 1.16. The maximum absolute atomic E-state index is 13.0. The Morgan fingerprint density at radius 2 is 1.97 bits per heavy atom. The van der Waals surface area contributed by atoms with Crippen LogP contribution in [0.4, 0.5) is 5.69 Å². The van der Waals surface area contributed by atoms with E-state index in [9.17, 15) is 4.79 Å². The van der Waals surface area contributed by atoms with Crippen LogP contribution in [0.5, 0.6) is 5.75 Å². The van der Waals surface area contributed by atoms with Gasteiger partial charge in [0.2, 0.25) is 0 Å². The summed E-state index contributed by atoms with van der Waals surface area (Å²) in [6, 6.07) is 23.9. The van der Waals surface area contributed by atoms with Gasteiger partial charge in [-0.3, -0.25) is 9.78 Å². The third kappa shape index (κ3) is 5.18. The van der Waals surface area contributed by atoms with Crippen LogP contribution in [-0.4, -0.2) is 22.1 Å². The lowest BCUT2D eigenvalue weighted by Gasteiger charge is -2.12. The number of pyridine rings is 1. The molecule has 1 unspecified atom stereocenters. The second-order valence-corrected chi connectivity index (χ2v) is 9.37. The van der Waals surface area contributed by atoms with Gasteiger partial charge in [-0.15, -0.1) is 11.8 Å². The summed E-state index contributed by atoms with van der Waals surface area (Å²) in [6.07, 6.45) is 8.82. The molecule has 1 atom stereocenters. The smallest absolute Gasteiger partial charge is 0.255 e. The number of hydrogen-bond acceptors (Lipinski definition) is 4. The Labute approximate surface area is 204 Å². The van der Waals surface area contributed by atoms with Crippen molar-refractivity contribution < 1.29 is 9.53 Å². The van der Waals surface area contributed by atoms with Crippen LogP contribution in [0.1, 0.15) is 45.4 Å². The Hall–Kier alpha value is -3.51. The number of aryl methyl sites for hydroxylation is 1. The van der Waals surface area contributed by atoms with Gasteiger partial charge < -0.3 is 14.6 Å². The van der Waals surface area contributed by atoms with Crippen LogP contribution >= 0.6 is 11.8 Å². The van der Waals surface area contributed by atoms with Crippen LogP contribution < -0.4 is 10.1 Å². The summed E-state index contributed by atoms with van der Waals surface area (Å²) in [6.45, 7) is 0.637. The van der Waals surface area contributed by atoms with Gasteiger partial charge in [-0.2, -0.15) is 0 Å². The molecular weight excluding hydrogens is 442 g/mol. The number of anilines is 1. The third-order valence-corrected chi connectivity index (χ3v) is 7.20. The minimum absolute atomic E-state index is 0.127. The maximum Gasteiger partial charge on any atom is 0.255 e. The average molecular weight is 470 g/mol. The first kappa shape index (κ1) is 22.3. The van der Waals surface area contributed by atoms with Gasteiger partial charge in [0.25, 0.3) is 5.91 Å². The predicted octanol–water partition coefficient (Wildman–Crippen LogP) is 6.33. The molecule has 2 aromatic carbocycles. The van der Waals surface area contributed by atoms with E-state index in [0.717, 1.165) is 47.7 Å². The molecule has 5 nitrogen and oxygen atoms in total. The lowest BCUT2D eigenvalue weighted by atomic mass is 10.1. The molecular formula is C28H27N3O2S. The zero-order chi connectivity index (χ0) is 23.2. The molecule has 0 spiro atoms. The first-order valence-corrected chi connectivity index (χ1v) is 12.6. The first-order valence-electron chi connectivity index (χ1n) is 11.6. The molecule has 1 amide bonds. The molecule has 3 heterocycles. The summed E-state index contributed by atoms with van der Waals surface area (Å²) in [4.78, 5) is 17.2. The van der Waals surface area contributed by atoms with Crippen molar-refractivity contribution in [2.75, 3.05) is 11.9 Å². The molecule has 34 heavy (non-hydrogen) atoms. The van der Waals surface area contributed by atoms with Crippen molar-refractivity contribution in [1.29, 1.82) is 0 Å². The van der Waals surface area contributed by atoms with Gasteiger partial charge in [-0.25, -0.2) is 0 Å². The average Bonchev–Trinajstić information content (AvgIpc) is 3.48. The Kier molecular flexibility index (Phi) is 6.96. The van der Waals surface area contributed by atoms with Crippen LogP contribution in [0.3, 0.4) is 0 Å². The molecule has 5 rings (SSSR count). The van der Waals surface area contributed by atoms with E-state index < -0.39 is 0 Å². The number of carbonyl (C=O) groups excluding carboxylic acids is 1. The number of nitrogens with one attached hydrogen (secondary N) is 1. The van der Waals surface area contributed by atoms with E-state index in [1.165, 1.54) is 5.56 Å². The quantitative estimate of drug-likeness (QED) is 0.291. The molecule has 0 bridgehead atoms. The maximum atomic E-state index is 13.0. The summed E-state index contributed by atoms with van der Waals surface area (Å²) in [5.41, 5.74) is 5.09. The number of rotatable bonds is 9. The van der Waals surface area contributed by atoms with Crippen LogP contribution in [0.15, 0.2) is 91.4 Å². The summed E-state index contributed by atoms with van der Waals surface area (Å²) in [7, 11) is 0. The molecule has 0 saturated heterocycles. The highest BCUT2D eigenvalue weighted by atomic mass is 32.2. The number of benzene rings is 2. The molecule has 0 fully saturated rings. The lowest BCUT2D eigenvalue weighted by Crippen LogP contribution is -2.13. The van der Waals surface area contributed by atoms with E-state index in [1.807, 2.05) is 66.6 Å². The van der Waals surface area contributed by atoms with Crippen molar-refractivity contribution in [1.82, 2.24) is 9.55 Å². The van der Waals surface area contributed by atoms with E-state index in [-0.39, 0.29) is 11.3 Å². The number of nitrogens with zero attached hydrogens (tertiary/aromatic N) is 2. The molecule has 1 aliphatic heterocycles. The van der Waals surface area contributed by atoms with E-state index in [0.29, 0.717) is 12.2 Å². The standard InChI is InChI=1S/C28H27N3O2S/c32-27(30-25-14-16-31-26(25)20-34-28(31)23-12-7-15-29-19-23)22-11-6-13-24(18-22)33-17-5-4-10-21-8-2-1-3-9-21/h1-3,6-9,11-16,18-19,28H,4-5,10,17,20H2,(H,30,32). The second kappa shape index (κ2) is 10.6. The normalized spacial score (nSPS) is 14.5. The molecule has 172 valence electrons. The van der Waals surface area contributed by atoms with Gasteiger partial charge in [0, 0.05) is 35.5 Å². The number of thioether (sulfide) groups is 1. The zero-order valence-corrected chi connectivity index (χ0v) is 19.7. The minimum atomic E-state index is -0.127. The van der Waals surface area contributed by atoms with Gasteiger partial charge in [-0.1, -0.05) is 42.5 Å². The predicted molar refractivity (Wildman–Crippen MR) is 137 cm³/mol. The van der Waals surface area contributed by atoms with E-state index >= 15 is 0 Å². The number of aromatic nitrogens is 2. The summed E-state index contributed by atoms with van der Waals surface area (Å²) in [5.74, 6) is 1.44. The van der Waals surface area contributed by atoms with Crippen molar-refractivity contribution in [2.45, 2.75) is 30.4 Å². The van der Waals surface area contributed by atoms with Crippen LogP contribution in [-0.2, 0) is 12.2 Å². The molecule has 0 saturated carbocycles. The Morgan fingerprint density at radius 1 is 1.06 bits per heavy atom. The monoisotopic (exact) mass is 469 g/mol. The topological polar surface area (TPSA) is 56.2 Å². The summed E-state index contributed by atoms with van der Waals surface area (Å²) < 4.78 is 8.13. The largest absolute Gasteiger partial charge is 0.494 e. The van der Waals surface area contributed by atoms with Crippen molar-refractivity contribution in [3.05, 3.63) is 114 Å². The van der Waals surface area contributed by atoms with E-state index in [1.54, 1.807) is 6.20 Å². The van der Waals surface area contributed by atoms with Crippen molar-refractivity contribution in [2.24, 2.45) is 0 Å². The van der Waals surface area contributed by atoms with Gasteiger partial charge in [0.15, 0.2) is 0 Å². The lowest BCUT2D eigenvalue weighted by molar-refractivity contribution is 0.102. The fourth-order valence-corrected chi connectivity index (χ4v) is 5.48. The van der Waals surface area contributed by atoms with Gasteiger partial charge in [-0.05, 0) is 55.2 Å². The zero-order valence-electron chi connectivity index (χ0n) is 18.9. The number of carbonyl (C=O) groups is 1. The second-order valence-electron chi connectivity index (χ2n) is 8.31. The van der Waals surface area contributed by atoms with Crippen LogP contribution in [0.2, 0.25) is 0 Å². The Morgan fingerprint density at radius 3 is 2.82 bits per heavy atom. The fraction of sp³-hybridized carbons (Fsp3) is 0.214. The van der Waals surface area contributed by atoms with Crippen LogP contribution in [0, 0.1) is 0 Å². The summed E-state index contributed by atoms with van der Waals surface area (Å²) >= 11 is 1.83. The highest BCUT2D eigenvalue weighted by molar-refractivity contribution is 7.99. The first-order chi connectivity index (χ1) is 16.8. The Bertz CT molecular complexity index is 1240. The van der Waals surface area contributed by atoms with Crippen molar-refractivity contribution in [3.63, 3.8) is 0 Å². The number of hydrogen-bond donors (Lipinski definition) is 1. The highest BCUT2D eigenvalue weighted by Crippen LogP contribution is 2.43. The number of amides is 1. The minimum Gasteiger partial charge on any atom is -0.494 e. The third-order valence-electron chi connectivity index (χ3n) is 5.94. The number of unbranched alkanes of at least 4 members (excludes halogenated alkanes) is 1. The molecule has 0 aliphatic carbocycles. The molecule has 0 radical (unpaired) electrons. The van der Waals surface area contributed by atoms with Crippen LogP contribution in [0.25, 0.3) is 0 Å². The number of fused-ring (bicyclic) bond motifs is 1. The number of ether oxygens (including phenoxy) is 1. The van der Waals surface area contributed by atoms with Gasteiger partial charge in [0.1, 0.15) is 11.1 Å². The van der Waals surface area contributed by atoms with E-state index in [2.05, 4.69) is 45.2 Å². The molecule has 4 aromatic rings. The fourth-order valence-electron chi connectivity index (χ4n) is 4.17. The summed E-state index contributed by atoms with van der Waals surface area (Å²) in [5, 5.41) is 3.28. The van der Waals surface area contributed by atoms with Gasteiger partial charge >= 0.3 is 0 Å². The van der Waals surface area contributed by atoms with Crippen molar-refractivity contribution >= 4 is 23.4 Å². The molecule has 6 heteroatoms. The SMILES string of the molecule is O=C(Nc1ccn2c1CSC2c1cccnc1)c1cccc(OCCCCc2ccccc2)c1. The highest BCUT2D eigenvalue weighted by Gasteiger charge is 2.27. The van der Waals surface area contributed by atoms with Gasteiger partial charge in [0.05, 0.1) is 18.0 Å². The molecule has 2 aromatic heterocycles. The molecule has 1 N–H and O–H groups in total. The van der Waals surface area contributed by atoms with Crippen molar-refractivity contribution in [3.8, 4) is 5.75 Å². The van der Waals surface area contributed by atoms with E-state index in [4.69, 9.17) is 4.74 Å². The molecule has 1 aliphatic rings.